The maximum Gasteiger partial charge on any atom is 0.174 e. The van der Waals surface area contributed by atoms with E-state index in [0.29, 0.717) is 11.3 Å². The molecule has 0 aliphatic carbocycles. The van der Waals surface area contributed by atoms with E-state index in [0.717, 1.165) is 5.56 Å². The first-order valence-corrected chi connectivity index (χ1v) is 6.31. The molecule has 0 amide bonds. The molecule has 1 heterocycles. The lowest BCUT2D eigenvalue weighted by atomic mass is 10.1. The van der Waals surface area contributed by atoms with Crippen LogP contribution in [-0.4, -0.2) is 10.2 Å². The Kier molecular flexibility index (Phi) is 4.20. The monoisotopic (exact) mass is 292 g/mol. The van der Waals surface area contributed by atoms with E-state index in [4.69, 9.17) is 28.5 Å². The highest BCUT2D eigenvalue weighted by Gasteiger charge is 2.09. The van der Waals surface area contributed by atoms with Crippen molar-refractivity contribution in [3.8, 4) is 6.07 Å². The molecule has 1 aromatic heterocycles. The summed E-state index contributed by atoms with van der Waals surface area (Å²) in [6, 6.07) is 11.0. The zero-order valence-electron chi connectivity index (χ0n) is 10.1. The van der Waals surface area contributed by atoms with E-state index in [2.05, 4.69) is 21.6 Å². The van der Waals surface area contributed by atoms with Crippen molar-refractivity contribution >= 4 is 28.9 Å². The van der Waals surface area contributed by atoms with Gasteiger partial charge in [-0.1, -0.05) is 35.3 Å². The van der Waals surface area contributed by atoms with Crippen molar-refractivity contribution < 1.29 is 0 Å². The summed E-state index contributed by atoms with van der Waals surface area (Å²) in [7, 11) is 0. The second-order valence-corrected chi connectivity index (χ2v) is 4.72. The maximum atomic E-state index is 8.76. The Morgan fingerprint density at radius 1 is 1.21 bits per heavy atom. The number of anilines is 1. The van der Waals surface area contributed by atoms with Gasteiger partial charge in [0, 0.05) is 12.1 Å². The average Bonchev–Trinajstić information content (AvgIpc) is 2.43. The molecule has 2 aromatic rings. The summed E-state index contributed by atoms with van der Waals surface area (Å²) in [6.45, 7) is 1.98. The first kappa shape index (κ1) is 13.6. The Hall–Kier alpha value is -1.83. The van der Waals surface area contributed by atoms with Crippen molar-refractivity contribution in [1.82, 2.24) is 10.2 Å². The van der Waals surface area contributed by atoms with Crippen LogP contribution in [0.3, 0.4) is 0 Å². The fourth-order valence-electron chi connectivity index (χ4n) is 1.62. The number of halogens is 2. The van der Waals surface area contributed by atoms with Gasteiger partial charge in [-0.15, -0.1) is 10.2 Å². The highest BCUT2D eigenvalue weighted by Crippen LogP contribution is 2.25. The zero-order chi connectivity index (χ0) is 13.8. The summed E-state index contributed by atoms with van der Waals surface area (Å²) in [5, 5.41) is 19.9. The van der Waals surface area contributed by atoms with Crippen molar-refractivity contribution in [2.24, 2.45) is 0 Å². The minimum Gasteiger partial charge on any atom is -0.376 e. The van der Waals surface area contributed by atoms with Gasteiger partial charge in [-0.3, -0.25) is 0 Å². The molecule has 1 atom stereocenters. The van der Waals surface area contributed by atoms with E-state index in [9.17, 15) is 0 Å². The predicted molar refractivity (Wildman–Crippen MR) is 75.2 cm³/mol. The minimum absolute atomic E-state index is 0.00510. The van der Waals surface area contributed by atoms with Crippen LogP contribution in [-0.2, 0) is 0 Å². The van der Waals surface area contributed by atoms with Crippen LogP contribution in [0.1, 0.15) is 24.1 Å². The molecule has 0 spiro atoms. The van der Waals surface area contributed by atoms with Crippen molar-refractivity contribution in [3.63, 3.8) is 0 Å². The molecule has 6 heteroatoms. The van der Waals surface area contributed by atoms with Gasteiger partial charge in [0.25, 0.3) is 0 Å². The fraction of sp³-hybridized carbons (Fsp3) is 0.154. The number of benzene rings is 1. The quantitative estimate of drug-likeness (QED) is 0.934. The lowest BCUT2D eigenvalue weighted by molar-refractivity contribution is 0.878. The predicted octanol–water partition coefficient (Wildman–Crippen LogP) is 3.83. The fourth-order valence-corrected chi connectivity index (χ4v) is 1.91. The van der Waals surface area contributed by atoms with E-state index < -0.39 is 0 Å². The molecule has 0 fully saturated rings. The number of nitriles is 1. The van der Waals surface area contributed by atoms with Gasteiger partial charge in [0.2, 0.25) is 0 Å². The summed E-state index contributed by atoms with van der Waals surface area (Å²) in [5.41, 5.74) is 2.28. The van der Waals surface area contributed by atoms with E-state index in [1.807, 2.05) is 19.1 Å². The Labute approximate surface area is 121 Å². The second kappa shape index (κ2) is 5.87. The van der Waals surface area contributed by atoms with E-state index >= 15 is 0 Å². The van der Waals surface area contributed by atoms with Crippen LogP contribution in [0, 0.1) is 11.3 Å². The van der Waals surface area contributed by atoms with Gasteiger partial charge in [0.05, 0.1) is 17.3 Å². The molecule has 96 valence electrons. The summed E-state index contributed by atoms with van der Waals surface area (Å²) in [4.78, 5) is 0. The van der Waals surface area contributed by atoms with Gasteiger partial charge in [0.15, 0.2) is 10.3 Å². The van der Waals surface area contributed by atoms with Crippen LogP contribution in [0.25, 0.3) is 0 Å². The summed E-state index contributed by atoms with van der Waals surface area (Å²) < 4.78 is 0. The Bertz CT molecular complexity index is 620. The standard InChI is InChI=1S/C13H10Cl2N4/c1-8(10-4-2-9(7-16)3-5-10)17-11-6-12(14)18-19-13(11)15/h2-6,8H,1H3,(H,17,18). The molecule has 0 saturated heterocycles. The van der Waals surface area contributed by atoms with E-state index in [1.54, 1.807) is 18.2 Å². The van der Waals surface area contributed by atoms with Crippen molar-refractivity contribution in [2.75, 3.05) is 5.32 Å². The molecular weight excluding hydrogens is 283 g/mol. The molecule has 4 nitrogen and oxygen atoms in total. The van der Waals surface area contributed by atoms with Gasteiger partial charge in [-0.05, 0) is 24.6 Å². The number of nitrogens with one attached hydrogen (secondary N) is 1. The number of nitrogens with zero attached hydrogens (tertiary/aromatic N) is 3. The SMILES string of the molecule is CC(Nc1cc(Cl)nnc1Cl)c1ccc(C#N)cc1. The Balaban J connectivity index is 2.18. The van der Waals surface area contributed by atoms with Crippen LogP contribution in [0.15, 0.2) is 30.3 Å². The minimum atomic E-state index is 0.00510. The van der Waals surface area contributed by atoms with Crippen LogP contribution in [0.2, 0.25) is 10.3 Å². The van der Waals surface area contributed by atoms with Gasteiger partial charge in [0.1, 0.15) is 0 Å². The van der Waals surface area contributed by atoms with Crippen LogP contribution in [0.4, 0.5) is 5.69 Å². The third-order valence-corrected chi connectivity index (χ3v) is 3.09. The zero-order valence-corrected chi connectivity index (χ0v) is 11.6. The van der Waals surface area contributed by atoms with Gasteiger partial charge >= 0.3 is 0 Å². The summed E-state index contributed by atoms with van der Waals surface area (Å²) in [5.74, 6) is 0. The smallest absolute Gasteiger partial charge is 0.174 e. The highest BCUT2D eigenvalue weighted by molar-refractivity contribution is 6.33. The first-order valence-electron chi connectivity index (χ1n) is 5.55. The normalized spacial score (nSPS) is 11.7. The molecule has 1 unspecified atom stereocenters. The maximum absolute atomic E-state index is 8.76. The molecule has 0 radical (unpaired) electrons. The van der Waals surface area contributed by atoms with Gasteiger partial charge in [-0.2, -0.15) is 5.26 Å². The van der Waals surface area contributed by atoms with Crippen LogP contribution in [0.5, 0.6) is 0 Å². The third kappa shape index (κ3) is 3.34. The number of hydrogen-bond donors (Lipinski definition) is 1. The van der Waals surface area contributed by atoms with E-state index in [1.165, 1.54) is 0 Å². The van der Waals surface area contributed by atoms with Gasteiger partial charge < -0.3 is 5.32 Å². The van der Waals surface area contributed by atoms with E-state index in [-0.39, 0.29) is 16.3 Å². The molecule has 0 bridgehead atoms. The molecule has 0 aliphatic heterocycles. The second-order valence-electron chi connectivity index (χ2n) is 3.97. The lowest BCUT2D eigenvalue weighted by Gasteiger charge is -2.16. The molecule has 1 aromatic carbocycles. The molecule has 19 heavy (non-hydrogen) atoms. The Morgan fingerprint density at radius 3 is 2.53 bits per heavy atom. The summed E-state index contributed by atoms with van der Waals surface area (Å²) >= 11 is 11.7. The lowest BCUT2D eigenvalue weighted by Crippen LogP contribution is -2.07. The third-order valence-electron chi connectivity index (χ3n) is 2.63. The van der Waals surface area contributed by atoms with Crippen LogP contribution < -0.4 is 5.32 Å². The summed E-state index contributed by atoms with van der Waals surface area (Å²) in [6.07, 6.45) is 0. The molecular formula is C13H10Cl2N4. The first-order chi connectivity index (χ1) is 9.10. The molecule has 1 N–H and O–H groups in total. The molecule has 0 saturated carbocycles. The molecule has 0 aliphatic rings. The van der Waals surface area contributed by atoms with Crippen molar-refractivity contribution in [2.45, 2.75) is 13.0 Å². The average molecular weight is 293 g/mol. The number of hydrogen-bond acceptors (Lipinski definition) is 4. The highest BCUT2D eigenvalue weighted by atomic mass is 35.5. The van der Waals surface area contributed by atoms with Crippen LogP contribution >= 0.6 is 23.2 Å². The number of aromatic nitrogens is 2. The number of rotatable bonds is 3. The Morgan fingerprint density at radius 2 is 1.89 bits per heavy atom. The van der Waals surface area contributed by atoms with Gasteiger partial charge in [-0.25, -0.2) is 0 Å². The van der Waals surface area contributed by atoms with Crippen molar-refractivity contribution in [3.05, 3.63) is 51.8 Å². The van der Waals surface area contributed by atoms with Crippen molar-refractivity contribution in [1.29, 1.82) is 5.26 Å². The largest absolute Gasteiger partial charge is 0.376 e. The topological polar surface area (TPSA) is 61.6 Å². The molecule has 2 rings (SSSR count).